The van der Waals surface area contributed by atoms with Crippen LogP contribution in [0.15, 0.2) is 32.3 Å². The molecule has 0 saturated carbocycles. The monoisotopic (exact) mass is 435 g/mol. The molecule has 9 heteroatoms. The molecule has 0 amide bonds. The maximum atomic E-state index is 13.0. The van der Waals surface area contributed by atoms with E-state index in [2.05, 4.69) is 26.2 Å². The molecule has 0 saturated heterocycles. The van der Waals surface area contributed by atoms with Gasteiger partial charge in [-0.25, -0.2) is 4.79 Å². The minimum atomic E-state index is -0.336. The predicted octanol–water partition coefficient (Wildman–Crippen LogP) is 2.26. The van der Waals surface area contributed by atoms with E-state index in [9.17, 15) is 9.59 Å². The number of aromatic nitrogens is 4. The molecule has 1 aromatic carbocycles. The van der Waals surface area contributed by atoms with Gasteiger partial charge in [0.1, 0.15) is 5.75 Å². The fourth-order valence-corrected chi connectivity index (χ4v) is 3.78. The average Bonchev–Trinajstić information content (AvgIpc) is 3.01. The Labute approximate surface area is 164 Å². The van der Waals surface area contributed by atoms with Crippen LogP contribution in [0.5, 0.6) is 5.75 Å². The van der Waals surface area contributed by atoms with Crippen LogP contribution in [0.25, 0.3) is 11.2 Å². The fraction of sp³-hybridized carbons (Fsp3) is 0.389. The van der Waals surface area contributed by atoms with E-state index >= 15 is 0 Å². The van der Waals surface area contributed by atoms with Gasteiger partial charge in [0, 0.05) is 20.1 Å². The van der Waals surface area contributed by atoms with Gasteiger partial charge in [-0.15, -0.1) is 0 Å². The lowest BCUT2D eigenvalue weighted by atomic mass is 10.2. The van der Waals surface area contributed by atoms with Gasteiger partial charge in [0.05, 0.1) is 18.1 Å². The van der Waals surface area contributed by atoms with Gasteiger partial charge in [0.15, 0.2) is 11.2 Å². The summed E-state index contributed by atoms with van der Waals surface area (Å²) in [5.41, 5.74) is 1.11. The molecule has 0 radical (unpaired) electrons. The molecule has 2 heterocycles. The minimum absolute atomic E-state index is 0.307. The lowest BCUT2D eigenvalue weighted by Gasteiger charge is -2.12. The molecule has 0 spiro atoms. The molecule has 3 aromatic rings. The van der Waals surface area contributed by atoms with E-state index in [1.165, 1.54) is 9.13 Å². The zero-order valence-corrected chi connectivity index (χ0v) is 17.3. The average molecular weight is 436 g/mol. The van der Waals surface area contributed by atoms with Crippen LogP contribution in [0, 0.1) is 0 Å². The van der Waals surface area contributed by atoms with Crippen LogP contribution in [0.1, 0.15) is 19.4 Å². The first-order chi connectivity index (χ1) is 13.0. The van der Waals surface area contributed by atoms with E-state index in [-0.39, 0.29) is 11.2 Å². The van der Waals surface area contributed by atoms with Crippen molar-refractivity contribution in [2.75, 3.05) is 19.5 Å². The van der Waals surface area contributed by atoms with Crippen molar-refractivity contribution >= 4 is 33.0 Å². The summed E-state index contributed by atoms with van der Waals surface area (Å²) in [6, 6.07) is 5.74. The van der Waals surface area contributed by atoms with Gasteiger partial charge in [0.2, 0.25) is 5.95 Å². The lowest BCUT2D eigenvalue weighted by molar-refractivity contribution is 0.412. The number of anilines is 1. The van der Waals surface area contributed by atoms with Gasteiger partial charge in [-0.1, -0.05) is 6.07 Å². The SMILES string of the molecule is CCn1c(=O)c2c(nc(NC)n2Cc2ccc(OC)c(Br)c2)n(CC)c1=O. The second-order valence-corrected chi connectivity index (χ2v) is 6.84. The third-order valence-corrected chi connectivity index (χ3v) is 5.15. The van der Waals surface area contributed by atoms with Crippen molar-refractivity contribution in [3.05, 3.63) is 49.1 Å². The molecule has 0 bridgehead atoms. The molecule has 1 N–H and O–H groups in total. The molecule has 0 aliphatic heterocycles. The molecule has 0 aliphatic rings. The molecular formula is C18H22BrN5O3. The Hall–Kier alpha value is -2.55. The first-order valence-electron chi connectivity index (χ1n) is 8.70. The van der Waals surface area contributed by atoms with Crippen LogP contribution in [-0.2, 0) is 19.6 Å². The number of methoxy groups -OCH3 is 1. The van der Waals surface area contributed by atoms with Crippen LogP contribution in [0.2, 0.25) is 0 Å². The quantitative estimate of drug-likeness (QED) is 0.641. The fourth-order valence-electron chi connectivity index (χ4n) is 3.19. The van der Waals surface area contributed by atoms with E-state index in [0.29, 0.717) is 36.7 Å². The molecule has 27 heavy (non-hydrogen) atoms. The van der Waals surface area contributed by atoms with Crippen molar-refractivity contribution in [3.8, 4) is 5.75 Å². The van der Waals surface area contributed by atoms with Gasteiger partial charge in [-0.3, -0.25) is 18.5 Å². The summed E-state index contributed by atoms with van der Waals surface area (Å²) in [6.45, 7) is 4.82. The Morgan fingerprint density at radius 2 is 1.85 bits per heavy atom. The van der Waals surface area contributed by atoms with Gasteiger partial charge in [0.25, 0.3) is 5.56 Å². The Morgan fingerprint density at radius 3 is 2.41 bits per heavy atom. The number of imidazole rings is 1. The third kappa shape index (κ3) is 3.16. The summed E-state index contributed by atoms with van der Waals surface area (Å²) < 4.78 is 10.7. The van der Waals surface area contributed by atoms with E-state index in [1.807, 2.05) is 29.7 Å². The van der Waals surface area contributed by atoms with Crippen molar-refractivity contribution in [1.29, 1.82) is 0 Å². The number of ether oxygens (including phenoxy) is 1. The standard InChI is InChI=1S/C18H22BrN5O3/c1-5-22-15-14(16(25)23(6-2)18(22)26)24(17(20-3)21-15)10-11-7-8-13(27-4)12(19)9-11/h7-9H,5-6,10H2,1-4H3,(H,20,21). The second kappa shape index (κ2) is 7.59. The van der Waals surface area contributed by atoms with Crippen molar-refractivity contribution in [2.45, 2.75) is 33.5 Å². The van der Waals surface area contributed by atoms with Crippen LogP contribution >= 0.6 is 15.9 Å². The highest BCUT2D eigenvalue weighted by molar-refractivity contribution is 9.10. The maximum absolute atomic E-state index is 13.0. The largest absolute Gasteiger partial charge is 0.496 e. The first kappa shape index (κ1) is 19.2. The van der Waals surface area contributed by atoms with Crippen LogP contribution in [0.3, 0.4) is 0 Å². The summed E-state index contributed by atoms with van der Waals surface area (Å²) in [6.07, 6.45) is 0. The molecule has 0 unspecified atom stereocenters. The van der Waals surface area contributed by atoms with Gasteiger partial charge in [-0.2, -0.15) is 4.98 Å². The van der Waals surface area contributed by atoms with Gasteiger partial charge < -0.3 is 10.1 Å². The summed E-state index contributed by atoms with van der Waals surface area (Å²) >= 11 is 3.49. The van der Waals surface area contributed by atoms with Crippen molar-refractivity contribution in [2.24, 2.45) is 0 Å². The van der Waals surface area contributed by atoms with E-state index < -0.39 is 0 Å². The first-order valence-corrected chi connectivity index (χ1v) is 9.50. The van der Waals surface area contributed by atoms with Gasteiger partial charge in [-0.05, 0) is 47.5 Å². The number of nitrogens with zero attached hydrogens (tertiary/aromatic N) is 4. The lowest BCUT2D eigenvalue weighted by Crippen LogP contribution is -2.40. The zero-order chi connectivity index (χ0) is 19.7. The summed E-state index contributed by atoms with van der Waals surface area (Å²) in [5.74, 6) is 1.26. The number of rotatable bonds is 6. The van der Waals surface area contributed by atoms with Gasteiger partial charge >= 0.3 is 5.69 Å². The van der Waals surface area contributed by atoms with E-state index in [0.717, 1.165) is 15.8 Å². The van der Waals surface area contributed by atoms with E-state index in [4.69, 9.17) is 4.74 Å². The molecule has 0 aliphatic carbocycles. The van der Waals surface area contributed by atoms with Crippen molar-refractivity contribution < 1.29 is 4.74 Å². The minimum Gasteiger partial charge on any atom is -0.496 e. The highest BCUT2D eigenvalue weighted by atomic mass is 79.9. The summed E-state index contributed by atoms with van der Waals surface area (Å²) in [4.78, 5) is 30.1. The highest BCUT2D eigenvalue weighted by Crippen LogP contribution is 2.27. The number of nitrogens with one attached hydrogen (secondary N) is 1. The van der Waals surface area contributed by atoms with Crippen molar-refractivity contribution in [1.82, 2.24) is 18.7 Å². The topological polar surface area (TPSA) is 83.1 Å². The summed E-state index contributed by atoms with van der Waals surface area (Å²) in [7, 11) is 3.36. The van der Waals surface area contributed by atoms with E-state index in [1.54, 1.807) is 21.1 Å². The van der Waals surface area contributed by atoms with Crippen LogP contribution < -0.4 is 21.3 Å². The van der Waals surface area contributed by atoms with Crippen molar-refractivity contribution in [3.63, 3.8) is 0 Å². The Kier molecular flexibility index (Phi) is 5.41. The molecule has 2 aromatic heterocycles. The smallest absolute Gasteiger partial charge is 0.332 e. The zero-order valence-electron chi connectivity index (χ0n) is 15.7. The Balaban J connectivity index is 2.27. The number of benzene rings is 1. The van der Waals surface area contributed by atoms with Crippen LogP contribution in [0.4, 0.5) is 5.95 Å². The number of aryl methyl sites for hydroxylation is 1. The molecular weight excluding hydrogens is 414 g/mol. The number of hydrogen-bond acceptors (Lipinski definition) is 5. The normalized spacial score (nSPS) is 11.1. The maximum Gasteiger partial charge on any atom is 0.332 e. The molecule has 0 fully saturated rings. The second-order valence-electron chi connectivity index (χ2n) is 5.99. The highest BCUT2D eigenvalue weighted by Gasteiger charge is 2.20. The molecule has 144 valence electrons. The number of halogens is 1. The number of hydrogen-bond donors (Lipinski definition) is 1. The van der Waals surface area contributed by atoms with Crippen LogP contribution in [-0.4, -0.2) is 32.8 Å². The third-order valence-electron chi connectivity index (χ3n) is 4.53. The summed E-state index contributed by atoms with van der Waals surface area (Å²) in [5, 5.41) is 3.03. The molecule has 8 nitrogen and oxygen atoms in total. The Morgan fingerprint density at radius 1 is 1.15 bits per heavy atom. The Bertz CT molecular complexity index is 1110. The predicted molar refractivity (Wildman–Crippen MR) is 109 cm³/mol. The molecule has 0 atom stereocenters. The molecule has 3 rings (SSSR count). The number of fused-ring (bicyclic) bond motifs is 1.